The van der Waals surface area contributed by atoms with Gasteiger partial charge in [0.25, 0.3) is 0 Å². The maximum absolute atomic E-state index is 11.9. The summed E-state index contributed by atoms with van der Waals surface area (Å²) in [5.74, 6) is 0.605. The van der Waals surface area contributed by atoms with Gasteiger partial charge < -0.3 is 5.32 Å². The number of benzene rings is 1. The number of rotatable bonds is 5. The Hall–Kier alpha value is -0.910. The first kappa shape index (κ1) is 12.5. The zero-order valence-corrected chi connectivity index (χ0v) is 10.5. The Balaban J connectivity index is 1.85. The van der Waals surface area contributed by atoms with Crippen molar-refractivity contribution in [1.82, 2.24) is 10.0 Å². The fourth-order valence-corrected chi connectivity index (χ4v) is 3.11. The summed E-state index contributed by atoms with van der Waals surface area (Å²) in [6, 6.07) is 8.49. The molecule has 0 aromatic heterocycles. The molecular weight excluding hydrogens is 236 g/mol. The Bertz CT molecular complexity index is 439. The molecule has 1 aliphatic rings. The van der Waals surface area contributed by atoms with E-state index in [4.69, 9.17) is 0 Å². The molecule has 0 spiro atoms. The van der Waals surface area contributed by atoms with E-state index in [1.807, 2.05) is 6.07 Å². The van der Waals surface area contributed by atoms with Gasteiger partial charge in [-0.15, -0.1) is 0 Å². The van der Waals surface area contributed by atoms with Gasteiger partial charge in [0.15, 0.2) is 0 Å². The summed E-state index contributed by atoms with van der Waals surface area (Å²) in [6.07, 6.45) is 2.05. The second-order valence-electron chi connectivity index (χ2n) is 4.36. The van der Waals surface area contributed by atoms with Crippen molar-refractivity contribution in [2.45, 2.75) is 17.7 Å². The molecule has 1 aromatic rings. The van der Waals surface area contributed by atoms with Crippen LogP contribution in [-0.4, -0.2) is 28.1 Å². The van der Waals surface area contributed by atoms with Crippen molar-refractivity contribution in [3.8, 4) is 0 Å². The molecule has 2 N–H and O–H groups in total. The summed E-state index contributed by atoms with van der Waals surface area (Å²) in [6.45, 7) is 2.58. The van der Waals surface area contributed by atoms with Crippen molar-refractivity contribution in [3.63, 3.8) is 0 Å². The Labute approximate surface area is 102 Å². The third kappa shape index (κ3) is 3.52. The zero-order chi connectivity index (χ0) is 12.1. The van der Waals surface area contributed by atoms with Crippen LogP contribution in [0.2, 0.25) is 0 Å². The second kappa shape index (κ2) is 5.62. The highest BCUT2D eigenvalue weighted by molar-refractivity contribution is 7.89. The van der Waals surface area contributed by atoms with Gasteiger partial charge in [0.05, 0.1) is 4.90 Å². The van der Waals surface area contributed by atoms with Gasteiger partial charge in [0.1, 0.15) is 0 Å². The molecule has 0 aliphatic carbocycles. The van der Waals surface area contributed by atoms with Gasteiger partial charge in [0, 0.05) is 6.54 Å². The van der Waals surface area contributed by atoms with Crippen LogP contribution >= 0.6 is 0 Å². The maximum atomic E-state index is 11.9. The van der Waals surface area contributed by atoms with Gasteiger partial charge in [-0.3, -0.25) is 0 Å². The molecule has 0 saturated carbocycles. The second-order valence-corrected chi connectivity index (χ2v) is 6.13. The van der Waals surface area contributed by atoms with Gasteiger partial charge in [-0.05, 0) is 44.0 Å². The summed E-state index contributed by atoms with van der Waals surface area (Å²) in [5, 5.41) is 3.27. The van der Waals surface area contributed by atoms with E-state index in [1.54, 1.807) is 24.3 Å². The monoisotopic (exact) mass is 254 g/mol. The summed E-state index contributed by atoms with van der Waals surface area (Å²) in [4.78, 5) is 0.338. The zero-order valence-electron chi connectivity index (χ0n) is 9.72. The molecule has 5 heteroatoms. The minimum Gasteiger partial charge on any atom is -0.316 e. The minimum atomic E-state index is -3.32. The van der Waals surface area contributed by atoms with Gasteiger partial charge in [-0.2, -0.15) is 0 Å². The van der Waals surface area contributed by atoms with E-state index in [0.717, 1.165) is 25.9 Å². The summed E-state index contributed by atoms with van der Waals surface area (Å²) in [5.41, 5.74) is 0. The van der Waals surface area contributed by atoms with E-state index in [0.29, 0.717) is 17.4 Å². The van der Waals surface area contributed by atoms with Crippen molar-refractivity contribution < 1.29 is 8.42 Å². The summed E-state index contributed by atoms with van der Waals surface area (Å²) >= 11 is 0. The average Bonchev–Trinajstić information content (AvgIpc) is 2.83. The normalized spacial score (nSPS) is 20.6. The largest absolute Gasteiger partial charge is 0.316 e. The quantitative estimate of drug-likeness (QED) is 0.823. The van der Waals surface area contributed by atoms with E-state index in [2.05, 4.69) is 10.0 Å². The van der Waals surface area contributed by atoms with Gasteiger partial charge >= 0.3 is 0 Å². The lowest BCUT2D eigenvalue weighted by Gasteiger charge is -2.09. The van der Waals surface area contributed by atoms with E-state index in [1.165, 1.54) is 0 Å². The standard InChI is InChI=1S/C12H18N2O2S/c15-17(16,12-4-2-1-3-5-12)14-9-7-11-6-8-13-10-11/h1-5,11,13-14H,6-10H2/t11-/m0/s1. The summed E-state index contributed by atoms with van der Waals surface area (Å²) in [7, 11) is -3.32. The first-order valence-corrected chi connectivity index (χ1v) is 7.42. The van der Waals surface area contributed by atoms with Crippen LogP contribution in [0, 0.1) is 5.92 Å². The Morgan fingerprint density at radius 1 is 1.29 bits per heavy atom. The van der Waals surface area contributed by atoms with Crippen LogP contribution in [0.5, 0.6) is 0 Å². The fraction of sp³-hybridized carbons (Fsp3) is 0.500. The smallest absolute Gasteiger partial charge is 0.240 e. The Kier molecular flexibility index (Phi) is 4.15. The van der Waals surface area contributed by atoms with Gasteiger partial charge in [-0.25, -0.2) is 13.1 Å². The highest BCUT2D eigenvalue weighted by atomic mass is 32.2. The van der Waals surface area contributed by atoms with E-state index < -0.39 is 10.0 Å². The highest BCUT2D eigenvalue weighted by Gasteiger charge is 2.16. The van der Waals surface area contributed by atoms with Gasteiger partial charge in [-0.1, -0.05) is 18.2 Å². The summed E-state index contributed by atoms with van der Waals surface area (Å²) < 4.78 is 26.4. The molecule has 1 heterocycles. The van der Waals surface area contributed by atoms with Crippen LogP contribution in [0.1, 0.15) is 12.8 Å². The Morgan fingerprint density at radius 3 is 2.71 bits per heavy atom. The van der Waals surface area contributed by atoms with E-state index >= 15 is 0 Å². The lowest BCUT2D eigenvalue weighted by Crippen LogP contribution is -2.26. The molecule has 0 radical (unpaired) electrons. The SMILES string of the molecule is O=S(=O)(NCC[C@@H]1CCNC1)c1ccccc1. The molecule has 1 atom stereocenters. The molecule has 4 nitrogen and oxygen atoms in total. The average molecular weight is 254 g/mol. The molecule has 1 aromatic carbocycles. The van der Waals surface area contributed by atoms with Crippen molar-refractivity contribution in [2.24, 2.45) is 5.92 Å². The third-order valence-corrected chi connectivity index (χ3v) is 4.54. The lowest BCUT2D eigenvalue weighted by molar-refractivity contribution is 0.519. The van der Waals surface area contributed by atoms with Crippen LogP contribution in [0.4, 0.5) is 0 Å². The lowest BCUT2D eigenvalue weighted by atomic mass is 10.1. The molecule has 17 heavy (non-hydrogen) atoms. The predicted molar refractivity (Wildman–Crippen MR) is 67.2 cm³/mol. The number of hydrogen-bond acceptors (Lipinski definition) is 3. The van der Waals surface area contributed by atoms with Crippen molar-refractivity contribution >= 4 is 10.0 Å². The minimum absolute atomic E-state index is 0.338. The van der Waals surface area contributed by atoms with Crippen LogP contribution < -0.4 is 10.0 Å². The first-order valence-electron chi connectivity index (χ1n) is 5.94. The fourth-order valence-electron chi connectivity index (χ4n) is 2.04. The molecule has 2 rings (SSSR count). The molecule has 1 aliphatic heterocycles. The van der Waals surface area contributed by atoms with Gasteiger partial charge in [0.2, 0.25) is 10.0 Å². The van der Waals surface area contributed by atoms with Crippen molar-refractivity contribution in [1.29, 1.82) is 0 Å². The van der Waals surface area contributed by atoms with Crippen LogP contribution in [0.15, 0.2) is 35.2 Å². The first-order chi connectivity index (χ1) is 8.18. The third-order valence-electron chi connectivity index (χ3n) is 3.06. The van der Waals surface area contributed by atoms with Crippen LogP contribution in [0.3, 0.4) is 0 Å². The van der Waals surface area contributed by atoms with E-state index in [-0.39, 0.29) is 0 Å². The molecule has 0 amide bonds. The van der Waals surface area contributed by atoms with E-state index in [9.17, 15) is 8.42 Å². The molecule has 1 fully saturated rings. The van der Waals surface area contributed by atoms with Crippen LogP contribution in [0.25, 0.3) is 0 Å². The maximum Gasteiger partial charge on any atom is 0.240 e. The topological polar surface area (TPSA) is 58.2 Å². The predicted octanol–water partition coefficient (Wildman–Crippen LogP) is 0.964. The molecule has 0 unspecified atom stereocenters. The Morgan fingerprint density at radius 2 is 2.06 bits per heavy atom. The molecular formula is C12H18N2O2S. The number of hydrogen-bond donors (Lipinski definition) is 2. The highest BCUT2D eigenvalue weighted by Crippen LogP contribution is 2.12. The van der Waals surface area contributed by atoms with Crippen LogP contribution in [-0.2, 0) is 10.0 Å². The number of nitrogens with one attached hydrogen (secondary N) is 2. The van der Waals surface area contributed by atoms with Crippen molar-refractivity contribution in [3.05, 3.63) is 30.3 Å². The molecule has 0 bridgehead atoms. The van der Waals surface area contributed by atoms with Crippen molar-refractivity contribution in [2.75, 3.05) is 19.6 Å². The molecule has 1 saturated heterocycles. The number of sulfonamides is 1. The molecule has 94 valence electrons.